The van der Waals surface area contributed by atoms with Gasteiger partial charge in [-0.15, -0.1) is 0 Å². The first-order valence-corrected chi connectivity index (χ1v) is 11.7. The van der Waals surface area contributed by atoms with Gasteiger partial charge in [0.05, 0.1) is 22.1 Å². The van der Waals surface area contributed by atoms with Gasteiger partial charge in [-0.1, -0.05) is 68.8 Å². The molecule has 3 aromatic heterocycles. The van der Waals surface area contributed by atoms with E-state index < -0.39 is 0 Å². The van der Waals surface area contributed by atoms with E-state index >= 15 is 0 Å². The maximum absolute atomic E-state index is 4.94. The maximum atomic E-state index is 4.94. The van der Waals surface area contributed by atoms with Gasteiger partial charge in [0.25, 0.3) is 0 Å². The summed E-state index contributed by atoms with van der Waals surface area (Å²) in [7, 11) is 0. The molecule has 0 unspecified atom stereocenters. The van der Waals surface area contributed by atoms with Crippen LogP contribution in [0.2, 0.25) is 0 Å². The van der Waals surface area contributed by atoms with Crippen molar-refractivity contribution in [2.45, 2.75) is 40.0 Å². The zero-order chi connectivity index (χ0) is 22.6. The summed E-state index contributed by atoms with van der Waals surface area (Å²) in [5.74, 6) is 0. The molecule has 0 N–H and O–H groups in total. The van der Waals surface area contributed by atoms with Gasteiger partial charge in [0, 0.05) is 27.7 Å². The molecule has 2 nitrogen and oxygen atoms in total. The number of rotatable bonds is 0. The van der Waals surface area contributed by atoms with Gasteiger partial charge in [0.2, 0.25) is 0 Å². The van der Waals surface area contributed by atoms with E-state index in [2.05, 4.69) is 99.7 Å². The Labute approximate surface area is 192 Å². The number of hydrogen-bond donors (Lipinski definition) is 0. The van der Waals surface area contributed by atoms with Gasteiger partial charge >= 0.3 is 0 Å². The topological polar surface area (TPSA) is 17.3 Å². The minimum absolute atomic E-state index is 0.0900. The predicted octanol–water partition coefficient (Wildman–Crippen LogP) is 8.45. The van der Waals surface area contributed by atoms with Crippen LogP contribution in [0.4, 0.5) is 0 Å². The standard InChI is InChI=1S/C31H26N2/c1-17-6-7-20-15-25-28-27-19(12-13-32-28)8-10-23-22-11-9-21(31(3,4)5)16-26(22)33(30(23)27)29(25)18(2)24(20)14-17/h6-16H,1-5H3. The first-order valence-electron chi connectivity index (χ1n) is 11.7. The summed E-state index contributed by atoms with van der Waals surface area (Å²) >= 11 is 0. The Morgan fingerprint density at radius 1 is 0.697 bits per heavy atom. The number of aromatic nitrogens is 2. The van der Waals surface area contributed by atoms with Gasteiger partial charge in [0.15, 0.2) is 0 Å². The minimum Gasteiger partial charge on any atom is -0.308 e. The first kappa shape index (κ1) is 18.9. The van der Waals surface area contributed by atoms with E-state index in [1.807, 2.05) is 6.20 Å². The molecule has 7 aromatic rings. The molecule has 3 heterocycles. The van der Waals surface area contributed by atoms with Crippen LogP contribution in [0.15, 0.2) is 66.9 Å². The van der Waals surface area contributed by atoms with Gasteiger partial charge in [0.1, 0.15) is 0 Å². The minimum atomic E-state index is 0.0900. The third kappa shape index (κ3) is 2.36. The third-order valence-electron chi connectivity index (χ3n) is 7.52. The molecule has 0 radical (unpaired) electrons. The smallest absolute Gasteiger partial charge is 0.0823 e. The van der Waals surface area contributed by atoms with Gasteiger partial charge in [-0.3, -0.25) is 4.98 Å². The van der Waals surface area contributed by atoms with E-state index in [1.165, 1.54) is 70.9 Å². The summed E-state index contributed by atoms with van der Waals surface area (Å²) in [6.45, 7) is 11.3. The molecule has 4 aromatic carbocycles. The lowest BCUT2D eigenvalue weighted by Gasteiger charge is -2.19. The second kappa shape index (κ2) is 6.02. The summed E-state index contributed by atoms with van der Waals surface area (Å²) in [5.41, 5.74) is 9.02. The molecule has 0 atom stereocenters. The van der Waals surface area contributed by atoms with Crippen LogP contribution in [0.1, 0.15) is 37.5 Å². The SMILES string of the molecule is Cc1ccc2cc3c4nccc5ccc6c7ccc(C(C)(C)C)cc7n(c3c(C)c2c1)c6c54. The lowest BCUT2D eigenvalue weighted by molar-refractivity contribution is 0.591. The van der Waals surface area contributed by atoms with Gasteiger partial charge in [-0.25, -0.2) is 0 Å². The van der Waals surface area contributed by atoms with Crippen LogP contribution in [-0.2, 0) is 5.41 Å². The first-order chi connectivity index (χ1) is 15.8. The predicted molar refractivity (Wildman–Crippen MR) is 142 cm³/mol. The fourth-order valence-electron chi connectivity index (χ4n) is 5.81. The molecule has 0 aliphatic carbocycles. The fraction of sp³-hybridized carbons (Fsp3) is 0.194. The second-order valence-corrected chi connectivity index (χ2v) is 10.7. The van der Waals surface area contributed by atoms with E-state index in [9.17, 15) is 0 Å². The fourth-order valence-corrected chi connectivity index (χ4v) is 5.81. The van der Waals surface area contributed by atoms with Crippen LogP contribution < -0.4 is 0 Å². The van der Waals surface area contributed by atoms with Crippen molar-refractivity contribution in [2.75, 3.05) is 0 Å². The molecule has 0 aliphatic rings. The van der Waals surface area contributed by atoms with Gasteiger partial charge in [-0.2, -0.15) is 0 Å². The Kier molecular flexibility index (Phi) is 3.44. The number of aryl methyl sites for hydroxylation is 2. The Morgan fingerprint density at radius 2 is 1.48 bits per heavy atom. The quantitative estimate of drug-likeness (QED) is 0.176. The second-order valence-electron chi connectivity index (χ2n) is 10.7. The Bertz CT molecular complexity index is 1910. The Hall–Kier alpha value is -3.65. The third-order valence-corrected chi connectivity index (χ3v) is 7.52. The molecule has 0 bridgehead atoms. The average molecular weight is 427 g/mol. The molecule has 0 spiro atoms. The normalized spacial score (nSPS) is 13.0. The number of pyridine rings is 2. The van der Waals surface area contributed by atoms with E-state index in [1.54, 1.807) is 0 Å². The summed E-state index contributed by atoms with van der Waals surface area (Å²) in [6.07, 6.45) is 1.96. The van der Waals surface area contributed by atoms with Crippen LogP contribution in [0.25, 0.3) is 59.8 Å². The van der Waals surface area contributed by atoms with E-state index in [4.69, 9.17) is 4.98 Å². The van der Waals surface area contributed by atoms with Crippen molar-refractivity contribution in [1.29, 1.82) is 0 Å². The van der Waals surface area contributed by atoms with Crippen molar-refractivity contribution in [3.05, 3.63) is 83.6 Å². The summed E-state index contributed by atoms with van der Waals surface area (Å²) < 4.78 is 2.53. The highest BCUT2D eigenvalue weighted by atomic mass is 14.9. The molecular formula is C31H26N2. The lowest BCUT2D eigenvalue weighted by atomic mass is 9.86. The molecule has 2 heteroatoms. The maximum Gasteiger partial charge on any atom is 0.0823 e. The highest BCUT2D eigenvalue weighted by molar-refractivity contribution is 6.28. The molecule has 0 amide bonds. The molecule has 160 valence electrons. The number of hydrogen-bond acceptors (Lipinski definition) is 1. The van der Waals surface area contributed by atoms with Crippen LogP contribution >= 0.6 is 0 Å². The van der Waals surface area contributed by atoms with Crippen molar-refractivity contribution in [3.63, 3.8) is 0 Å². The van der Waals surface area contributed by atoms with Crippen molar-refractivity contribution >= 4 is 59.8 Å². The monoisotopic (exact) mass is 426 g/mol. The van der Waals surface area contributed by atoms with Gasteiger partial charge < -0.3 is 4.40 Å². The molecule has 0 aliphatic heterocycles. The average Bonchev–Trinajstić information content (AvgIpc) is 3.13. The number of benzene rings is 4. The van der Waals surface area contributed by atoms with Crippen LogP contribution in [-0.4, -0.2) is 9.38 Å². The van der Waals surface area contributed by atoms with Crippen LogP contribution in [0.5, 0.6) is 0 Å². The highest BCUT2D eigenvalue weighted by Gasteiger charge is 2.22. The highest BCUT2D eigenvalue weighted by Crippen LogP contribution is 2.43. The van der Waals surface area contributed by atoms with Crippen LogP contribution in [0.3, 0.4) is 0 Å². The summed E-state index contributed by atoms with van der Waals surface area (Å²) in [5, 5.41) is 8.96. The van der Waals surface area contributed by atoms with E-state index in [0.29, 0.717) is 0 Å². The number of fused-ring (bicyclic) bond motifs is 7. The molecule has 0 saturated carbocycles. The lowest BCUT2D eigenvalue weighted by Crippen LogP contribution is -2.10. The molecule has 0 fully saturated rings. The molecule has 7 rings (SSSR count). The van der Waals surface area contributed by atoms with E-state index in [0.717, 1.165) is 5.52 Å². The Morgan fingerprint density at radius 3 is 2.30 bits per heavy atom. The van der Waals surface area contributed by atoms with E-state index in [-0.39, 0.29) is 5.41 Å². The summed E-state index contributed by atoms with van der Waals surface area (Å²) in [4.78, 5) is 4.94. The van der Waals surface area contributed by atoms with Crippen LogP contribution in [0, 0.1) is 13.8 Å². The number of nitrogens with zero attached hydrogens (tertiary/aromatic N) is 2. The van der Waals surface area contributed by atoms with Crippen molar-refractivity contribution in [2.24, 2.45) is 0 Å². The molecule has 33 heavy (non-hydrogen) atoms. The van der Waals surface area contributed by atoms with Crippen molar-refractivity contribution in [1.82, 2.24) is 9.38 Å². The zero-order valence-electron chi connectivity index (χ0n) is 19.7. The van der Waals surface area contributed by atoms with Gasteiger partial charge in [-0.05, 0) is 64.7 Å². The van der Waals surface area contributed by atoms with Crippen molar-refractivity contribution < 1.29 is 0 Å². The zero-order valence-corrected chi connectivity index (χ0v) is 19.7. The molecular weight excluding hydrogens is 400 g/mol. The largest absolute Gasteiger partial charge is 0.308 e. The molecule has 0 saturated heterocycles. The summed E-state index contributed by atoms with van der Waals surface area (Å²) in [6, 6.07) is 22.9. The van der Waals surface area contributed by atoms with Crippen molar-refractivity contribution in [3.8, 4) is 0 Å². The Balaban J connectivity index is 1.87.